The largest absolute Gasteiger partial charge is 0.381 e. The Kier molecular flexibility index (Phi) is 1.73. The Labute approximate surface area is 75.0 Å². The molecule has 6 heteroatoms. The van der Waals surface area contributed by atoms with Crippen molar-refractivity contribution in [2.45, 2.75) is 6.54 Å². The van der Waals surface area contributed by atoms with Gasteiger partial charge in [0.1, 0.15) is 0 Å². The minimum atomic E-state index is 0.433. The average molecular weight is 178 g/mol. The summed E-state index contributed by atoms with van der Waals surface area (Å²) >= 11 is 0. The number of rotatable bonds is 2. The highest BCUT2D eigenvalue weighted by Crippen LogP contribution is 2.00. The van der Waals surface area contributed by atoms with Crippen molar-refractivity contribution in [1.29, 1.82) is 0 Å². The van der Waals surface area contributed by atoms with Gasteiger partial charge >= 0.3 is 0 Å². The standard InChI is InChI=1S/C7H10N6/c1-12-5-9-2-6(12)3-13-4-7(8)10-11-13/h2,4-5H,3,8H2,1H3. The van der Waals surface area contributed by atoms with Gasteiger partial charge in [-0.1, -0.05) is 5.21 Å². The normalized spacial score (nSPS) is 10.5. The van der Waals surface area contributed by atoms with Gasteiger partial charge in [0.25, 0.3) is 0 Å². The number of hydrogen-bond acceptors (Lipinski definition) is 4. The van der Waals surface area contributed by atoms with Gasteiger partial charge in [-0.05, 0) is 0 Å². The number of nitrogens with zero attached hydrogens (tertiary/aromatic N) is 5. The second-order valence-electron chi connectivity index (χ2n) is 2.84. The first-order valence-corrected chi connectivity index (χ1v) is 3.86. The number of aryl methyl sites for hydroxylation is 1. The van der Waals surface area contributed by atoms with Crippen molar-refractivity contribution in [3.8, 4) is 0 Å². The second-order valence-corrected chi connectivity index (χ2v) is 2.84. The van der Waals surface area contributed by atoms with E-state index in [4.69, 9.17) is 5.73 Å². The quantitative estimate of drug-likeness (QED) is 0.681. The first-order chi connectivity index (χ1) is 6.25. The monoisotopic (exact) mass is 178 g/mol. The SMILES string of the molecule is Cn1cncc1Cn1cc(N)nn1. The molecule has 2 rings (SSSR count). The number of nitrogen functional groups attached to an aromatic ring is 1. The molecule has 0 amide bonds. The number of anilines is 1. The van der Waals surface area contributed by atoms with Gasteiger partial charge in [0, 0.05) is 7.05 Å². The van der Waals surface area contributed by atoms with Crippen LogP contribution in [-0.4, -0.2) is 24.5 Å². The van der Waals surface area contributed by atoms with Crippen molar-refractivity contribution in [2.24, 2.45) is 7.05 Å². The predicted molar refractivity (Wildman–Crippen MR) is 46.7 cm³/mol. The summed E-state index contributed by atoms with van der Waals surface area (Å²) in [6.45, 7) is 0.640. The van der Waals surface area contributed by atoms with Crippen LogP contribution in [0.2, 0.25) is 0 Å². The van der Waals surface area contributed by atoms with Crippen LogP contribution in [0.5, 0.6) is 0 Å². The first kappa shape index (κ1) is 7.78. The fraction of sp³-hybridized carbons (Fsp3) is 0.286. The zero-order chi connectivity index (χ0) is 9.26. The van der Waals surface area contributed by atoms with Crippen molar-refractivity contribution >= 4 is 5.82 Å². The minimum absolute atomic E-state index is 0.433. The highest BCUT2D eigenvalue weighted by atomic mass is 15.4. The molecule has 0 spiro atoms. The summed E-state index contributed by atoms with van der Waals surface area (Å²) in [5, 5.41) is 7.52. The fourth-order valence-corrected chi connectivity index (χ4v) is 1.09. The summed E-state index contributed by atoms with van der Waals surface area (Å²) in [4.78, 5) is 3.99. The molecule has 0 saturated heterocycles. The smallest absolute Gasteiger partial charge is 0.165 e. The summed E-state index contributed by atoms with van der Waals surface area (Å²) in [5.74, 6) is 0.433. The first-order valence-electron chi connectivity index (χ1n) is 3.86. The van der Waals surface area contributed by atoms with Crippen molar-refractivity contribution < 1.29 is 0 Å². The van der Waals surface area contributed by atoms with Gasteiger partial charge in [-0.25, -0.2) is 9.67 Å². The lowest BCUT2D eigenvalue weighted by atomic mass is 10.4. The molecule has 13 heavy (non-hydrogen) atoms. The van der Waals surface area contributed by atoms with Crippen molar-refractivity contribution in [3.63, 3.8) is 0 Å². The summed E-state index contributed by atoms with van der Waals surface area (Å²) < 4.78 is 3.60. The van der Waals surface area contributed by atoms with E-state index in [1.54, 1.807) is 23.4 Å². The molecule has 68 valence electrons. The minimum Gasteiger partial charge on any atom is -0.381 e. The zero-order valence-electron chi connectivity index (χ0n) is 7.25. The molecule has 2 heterocycles. The lowest BCUT2D eigenvalue weighted by Gasteiger charge is -2.00. The molecular formula is C7H10N6. The highest BCUT2D eigenvalue weighted by Gasteiger charge is 2.01. The third-order valence-electron chi connectivity index (χ3n) is 1.80. The van der Waals surface area contributed by atoms with E-state index < -0.39 is 0 Å². The Morgan fingerprint density at radius 2 is 2.38 bits per heavy atom. The molecule has 0 radical (unpaired) electrons. The van der Waals surface area contributed by atoms with E-state index in [1.807, 2.05) is 11.6 Å². The molecule has 2 aromatic heterocycles. The molecule has 6 nitrogen and oxygen atoms in total. The number of hydrogen-bond donors (Lipinski definition) is 1. The molecule has 0 aromatic carbocycles. The average Bonchev–Trinajstić information content (AvgIpc) is 2.64. The van der Waals surface area contributed by atoms with E-state index in [-0.39, 0.29) is 0 Å². The molecule has 0 bridgehead atoms. The molecule has 2 aromatic rings. The van der Waals surface area contributed by atoms with Crippen molar-refractivity contribution in [2.75, 3.05) is 5.73 Å². The summed E-state index contributed by atoms with van der Waals surface area (Å²) in [6, 6.07) is 0. The van der Waals surface area contributed by atoms with Crippen LogP contribution in [0, 0.1) is 0 Å². The van der Waals surface area contributed by atoms with Gasteiger partial charge in [-0.3, -0.25) is 0 Å². The third-order valence-corrected chi connectivity index (χ3v) is 1.80. The molecule has 0 aliphatic carbocycles. The van der Waals surface area contributed by atoms with Gasteiger partial charge in [0.05, 0.1) is 31.0 Å². The van der Waals surface area contributed by atoms with E-state index in [0.29, 0.717) is 12.4 Å². The predicted octanol–water partition coefficient (Wildman–Crippen LogP) is -0.358. The van der Waals surface area contributed by atoms with E-state index in [9.17, 15) is 0 Å². The summed E-state index contributed by atoms with van der Waals surface area (Å²) in [7, 11) is 1.93. The summed E-state index contributed by atoms with van der Waals surface area (Å²) in [5.41, 5.74) is 6.49. The van der Waals surface area contributed by atoms with Crippen LogP contribution in [-0.2, 0) is 13.6 Å². The van der Waals surface area contributed by atoms with Gasteiger partial charge in [0.15, 0.2) is 5.82 Å². The molecule has 2 N–H and O–H groups in total. The Bertz CT molecular complexity index is 401. The number of nitrogens with two attached hydrogens (primary N) is 1. The topological polar surface area (TPSA) is 74.5 Å². The maximum atomic E-state index is 5.43. The Balaban J connectivity index is 2.19. The molecular weight excluding hydrogens is 168 g/mol. The summed E-state index contributed by atoms with van der Waals surface area (Å²) in [6.07, 6.45) is 5.22. The van der Waals surface area contributed by atoms with E-state index in [2.05, 4.69) is 15.3 Å². The van der Waals surface area contributed by atoms with Gasteiger partial charge in [-0.2, -0.15) is 0 Å². The van der Waals surface area contributed by atoms with Crippen LogP contribution in [0.3, 0.4) is 0 Å². The van der Waals surface area contributed by atoms with Crippen LogP contribution >= 0.6 is 0 Å². The molecule has 0 unspecified atom stereocenters. The van der Waals surface area contributed by atoms with Crippen molar-refractivity contribution in [3.05, 3.63) is 24.4 Å². The van der Waals surface area contributed by atoms with Crippen molar-refractivity contribution in [1.82, 2.24) is 24.5 Å². The van der Waals surface area contributed by atoms with Gasteiger partial charge in [-0.15, -0.1) is 5.10 Å². The Morgan fingerprint density at radius 3 is 2.92 bits per heavy atom. The maximum Gasteiger partial charge on any atom is 0.165 e. The maximum absolute atomic E-state index is 5.43. The Hall–Kier alpha value is -1.85. The molecule has 0 aliphatic heterocycles. The molecule has 0 atom stereocenters. The second kappa shape index (κ2) is 2.89. The van der Waals surface area contributed by atoms with Crippen LogP contribution in [0.1, 0.15) is 5.69 Å². The van der Waals surface area contributed by atoms with E-state index in [1.165, 1.54) is 0 Å². The highest BCUT2D eigenvalue weighted by molar-refractivity contribution is 5.20. The van der Waals surface area contributed by atoms with Gasteiger partial charge in [0.2, 0.25) is 0 Å². The number of imidazole rings is 1. The molecule has 0 aliphatic rings. The fourth-order valence-electron chi connectivity index (χ4n) is 1.09. The Morgan fingerprint density at radius 1 is 1.54 bits per heavy atom. The van der Waals surface area contributed by atoms with E-state index >= 15 is 0 Å². The van der Waals surface area contributed by atoms with E-state index in [0.717, 1.165) is 5.69 Å². The lowest BCUT2D eigenvalue weighted by Crippen LogP contribution is -2.04. The zero-order valence-corrected chi connectivity index (χ0v) is 7.25. The molecule has 0 saturated carbocycles. The third kappa shape index (κ3) is 1.51. The van der Waals surface area contributed by atoms with Crippen LogP contribution < -0.4 is 5.73 Å². The lowest BCUT2D eigenvalue weighted by molar-refractivity contribution is 0.620. The van der Waals surface area contributed by atoms with Crippen LogP contribution in [0.15, 0.2) is 18.7 Å². The van der Waals surface area contributed by atoms with Crippen LogP contribution in [0.25, 0.3) is 0 Å². The van der Waals surface area contributed by atoms with Gasteiger partial charge < -0.3 is 10.3 Å². The molecule has 0 fully saturated rings. The number of aromatic nitrogens is 5. The van der Waals surface area contributed by atoms with Crippen LogP contribution in [0.4, 0.5) is 5.82 Å².